The van der Waals surface area contributed by atoms with Crippen LogP contribution < -0.4 is 5.32 Å². The van der Waals surface area contributed by atoms with Gasteiger partial charge in [-0.25, -0.2) is 4.79 Å². The summed E-state index contributed by atoms with van der Waals surface area (Å²) in [5, 5.41) is 11.4. The number of amides is 1. The molecular weight excluding hydrogens is 238 g/mol. The third-order valence-corrected chi connectivity index (χ3v) is 2.67. The fraction of sp³-hybridized carbons (Fsp3) is 0.333. The summed E-state index contributed by atoms with van der Waals surface area (Å²) in [7, 11) is 0. The molecule has 0 saturated carbocycles. The van der Waals surface area contributed by atoms with Crippen LogP contribution in [0.3, 0.4) is 0 Å². The third-order valence-electron chi connectivity index (χ3n) is 2.41. The van der Waals surface area contributed by atoms with Crippen molar-refractivity contribution < 1.29 is 14.7 Å². The average Bonchev–Trinajstić information content (AvgIpc) is 2.28. The normalized spacial score (nSPS) is 11.9. The number of aliphatic carboxylic acids is 1. The number of thiol groups is 1. The molecule has 5 heteroatoms. The van der Waals surface area contributed by atoms with Crippen LogP contribution in [0.1, 0.15) is 22.3 Å². The SMILES string of the molecule is Cc1ccccc1C(=O)NC(CCS)C(=O)O. The van der Waals surface area contributed by atoms with Gasteiger partial charge in [-0.2, -0.15) is 12.6 Å². The lowest BCUT2D eigenvalue weighted by atomic mass is 10.1. The standard InChI is InChI=1S/C12H15NO3S/c1-8-4-2-3-5-9(8)11(14)13-10(6-7-17)12(15)16/h2-5,10,17H,6-7H2,1H3,(H,13,14)(H,15,16). The van der Waals surface area contributed by atoms with Gasteiger partial charge in [0.25, 0.3) is 5.91 Å². The van der Waals surface area contributed by atoms with Crippen molar-refractivity contribution in [3.8, 4) is 0 Å². The van der Waals surface area contributed by atoms with E-state index in [4.69, 9.17) is 5.11 Å². The number of carbonyl (C=O) groups excluding carboxylic acids is 1. The highest BCUT2D eigenvalue weighted by atomic mass is 32.1. The molecule has 4 nitrogen and oxygen atoms in total. The van der Waals surface area contributed by atoms with E-state index < -0.39 is 12.0 Å². The van der Waals surface area contributed by atoms with E-state index in [0.717, 1.165) is 5.56 Å². The lowest BCUT2D eigenvalue weighted by Gasteiger charge is -2.14. The molecule has 17 heavy (non-hydrogen) atoms. The van der Waals surface area contributed by atoms with Gasteiger partial charge in [0, 0.05) is 5.56 Å². The fourth-order valence-electron chi connectivity index (χ4n) is 1.45. The second-order valence-corrected chi connectivity index (χ2v) is 4.14. The van der Waals surface area contributed by atoms with Gasteiger partial charge in [0.15, 0.2) is 0 Å². The first-order valence-electron chi connectivity index (χ1n) is 5.26. The van der Waals surface area contributed by atoms with Crippen molar-refractivity contribution in [2.45, 2.75) is 19.4 Å². The molecule has 1 aromatic rings. The van der Waals surface area contributed by atoms with E-state index in [2.05, 4.69) is 17.9 Å². The number of rotatable bonds is 5. The Morgan fingerprint density at radius 3 is 2.59 bits per heavy atom. The van der Waals surface area contributed by atoms with Gasteiger partial charge < -0.3 is 10.4 Å². The van der Waals surface area contributed by atoms with E-state index in [1.807, 2.05) is 19.1 Å². The highest BCUT2D eigenvalue weighted by Crippen LogP contribution is 2.07. The summed E-state index contributed by atoms with van der Waals surface area (Å²) in [4.78, 5) is 22.7. The van der Waals surface area contributed by atoms with Gasteiger partial charge in [-0.1, -0.05) is 18.2 Å². The zero-order valence-electron chi connectivity index (χ0n) is 9.51. The maximum Gasteiger partial charge on any atom is 0.326 e. The van der Waals surface area contributed by atoms with Gasteiger partial charge in [-0.15, -0.1) is 0 Å². The maximum atomic E-state index is 11.9. The molecule has 0 aliphatic carbocycles. The summed E-state index contributed by atoms with van der Waals surface area (Å²) in [5.74, 6) is -0.997. The summed E-state index contributed by atoms with van der Waals surface area (Å²) in [6, 6.07) is 6.16. The van der Waals surface area contributed by atoms with Crippen molar-refractivity contribution in [1.82, 2.24) is 5.32 Å². The number of hydrogen-bond donors (Lipinski definition) is 3. The van der Waals surface area contributed by atoms with Crippen molar-refractivity contribution in [2.24, 2.45) is 0 Å². The van der Waals surface area contributed by atoms with Gasteiger partial charge >= 0.3 is 5.97 Å². The molecule has 0 bridgehead atoms. The monoisotopic (exact) mass is 253 g/mol. The minimum absolute atomic E-state index is 0.302. The Morgan fingerprint density at radius 2 is 2.06 bits per heavy atom. The number of carboxylic acid groups (broad SMARTS) is 1. The van der Waals surface area contributed by atoms with E-state index in [1.165, 1.54) is 0 Å². The molecule has 0 aromatic heterocycles. The van der Waals surface area contributed by atoms with Crippen LogP contribution in [0.5, 0.6) is 0 Å². The average molecular weight is 253 g/mol. The Morgan fingerprint density at radius 1 is 1.41 bits per heavy atom. The summed E-state index contributed by atoms with van der Waals surface area (Å²) in [6.45, 7) is 1.81. The Hall–Kier alpha value is -1.49. The Kier molecular flexibility index (Phi) is 5.03. The van der Waals surface area contributed by atoms with Crippen LogP contribution in [0.15, 0.2) is 24.3 Å². The lowest BCUT2D eigenvalue weighted by molar-refractivity contribution is -0.139. The van der Waals surface area contributed by atoms with Crippen LogP contribution in [-0.4, -0.2) is 28.8 Å². The van der Waals surface area contributed by atoms with Crippen LogP contribution in [0.4, 0.5) is 0 Å². The highest BCUT2D eigenvalue weighted by Gasteiger charge is 2.20. The summed E-state index contributed by atoms with van der Waals surface area (Å²) >= 11 is 3.97. The molecule has 0 aliphatic heterocycles. The van der Waals surface area contributed by atoms with Crippen LogP contribution in [0.2, 0.25) is 0 Å². The zero-order valence-corrected chi connectivity index (χ0v) is 10.4. The molecule has 1 aromatic carbocycles. The third kappa shape index (κ3) is 3.78. The summed E-state index contributed by atoms with van der Waals surface area (Å²) in [5.41, 5.74) is 1.32. The van der Waals surface area contributed by atoms with Crippen LogP contribution in [0.25, 0.3) is 0 Å². The largest absolute Gasteiger partial charge is 0.480 e. The highest BCUT2D eigenvalue weighted by molar-refractivity contribution is 7.80. The van der Waals surface area contributed by atoms with Crippen molar-refractivity contribution in [2.75, 3.05) is 5.75 Å². The number of hydrogen-bond acceptors (Lipinski definition) is 3. The van der Waals surface area contributed by atoms with Crippen molar-refractivity contribution >= 4 is 24.5 Å². The van der Waals surface area contributed by atoms with Gasteiger partial charge in [0.1, 0.15) is 6.04 Å². The summed E-state index contributed by atoms with van der Waals surface area (Å²) < 4.78 is 0. The van der Waals surface area contributed by atoms with Crippen molar-refractivity contribution in [3.05, 3.63) is 35.4 Å². The first-order valence-corrected chi connectivity index (χ1v) is 5.89. The van der Waals surface area contributed by atoms with Gasteiger partial charge in [-0.05, 0) is 30.7 Å². The molecule has 1 rings (SSSR count). The maximum absolute atomic E-state index is 11.9. The van der Waals surface area contributed by atoms with Gasteiger partial charge in [-0.3, -0.25) is 4.79 Å². The molecule has 0 spiro atoms. The van der Waals surface area contributed by atoms with E-state index >= 15 is 0 Å². The molecule has 1 unspecified atom stereocenters. The smallest absolute Gasteiger partial charge is 0.326 e. The topological polar surface area (TPSA) is 66.4 Å². The second kappa shape index (κ2) is 6.30. The molecule has 0 fully saturated rings. The Balaban J connectivity index is 2.77. The van der Waals surface area contributed by atoms with Crippen molar-refractivity contribution in [3.63, 3.8) is 0 Å². The quantitative estimate of drug-likeness (QED) is 0.697. The molecule has 0 heterocycles. The van der Waals surface area contributed by atoms with Gasteiger partial charge in [0.05, 0.1) is 0 Å². The molecule has 0 saturated heterocycles. The minimum Gasteiger partial charge on any atom is -0.480 e. The molecule has 1 amide bonds. The van der Waals surface area contributed by atoms with Crippen molar-refractivity contribution in [1.29, 1.82) is 0 Å². The predicted octanol–water partition coefficient (Wildman–Crippen LogP) is 1.50. The number of aryl methyl sites for hydroxylation is 1. The lowest BCUT2D eigenvalue weighted by Crippen LogP contribution is -2.41. The second-order valence-electron chi connectivity index (χ2n) is 3.69. The van der Waals surface area contributed by atoms with Crippen LogP contribution >= 0.6 is 12.6 Å². The minimum atomic E-state index is -1.04. The number of carboxylic acids is 1. The molecule has 2 N–H and O–H groups in total. The van der Waals surface area contributed by atoms with Crippen LogP contribution in [-0.2, 0) is 4.79 Å². The van der Waals surface area contributed by atoms with E-state index in [9.17, 15) is 9.59 Å². The number of nitrogens with one attached hydrogen (secondary N) is 1. The van der Waals surface area contributed by atoms with E-state index in [-0.39, 0.29) is 5.91 Å². The summed E-state index contributed by atoms with van der Waals surface area (Å²) in [6.07, 6.45) is 0.302. The molecule has 92 valence electrons. The zero-order chi connectivity index (χ0) is 12.8. The Bertz CT molecular complexity index is 420. The molecular formula is C12H15NO3S. The fourth-order valence-corrected chi connectivity index (χ4v) is 1.71. The molecule has 0 aliphatic rings. The Labute approximate surface area is 105 Å². The number of benzene rings is 1. The van der Waals surface area contributed by atoms with Crippen LogP contribution in [0, 0.1) is 6.92 Å². The van der Waals surface area contributed by atoms with E-state index in [0.29, 0.717) is 17.7 Å². The van der Waals surface area contributed by atoms with E-state index in [1.54, 1.807) is 12.1 Å². The first kappa shape index (κ1) is 13.6. The first-order chi connectivity index (χ1) is 8.06. The number of carbonyl (C=O) groups is 2. The predicted molar refractivity (Wildman–Crippen MR) is 68.5 cm³/mol. The van der Waals surface area contributed by atoms with Gasteiger partial charge in [0.2, 0.25) is 0 Å². The molecule has 0 radical (unpaired) electrons. The molecule has 1 atom stereocenters.